The molecule has 17 heavy (non-hydrogen) atoms. The maximum Gasteiger partial charge on any atom is 0.235 e. The molecule has 2 heterocycles. The van der Waals surface area contributed by atoms with Crippen LogP contribution in [0, 0.1) is 0 Å². The largest absolute Gasteiger partial charge is 0.502 e. The lowest BCUT2D eigenvalue weighted by atomic mass is 10.1. The highest BCUT2D eigenvalue weighted by molar-refractivity contribution is 5.81. The van der Waals surface area contributed by atoms with Crippen LogP contribution in [0.2, 0.25) is 0 Å². The molecule has 0 unspecified atom stereocenters. The van der Waals surface area contributed by atoms with E-state index in [2.05, 4.69) is 0 Å². The van der Waals surface area contributed by atoms with E-state index in [4.69, 9.17) is 8.83 Å². The Bertz CT molecular complexity index is 723. The summed E-state index contributed by atoms with van der Waals surface area (Å²) in [6.45, 7) is 0. The van der Waals surface area contributed by atoms with Crippen LogP contribution in [0.1, 0.15) is 0 Å². The fraction of sp³-hybridized carbons (Fsp3) is 0. The van der Waals surface area contributed by atoms with Crippen LogP contribution in [0.4, 0.5) is 0 Å². The fourth-order valence-corrected chi connectivity index (χ4v) is 1.72. The minimum Gasteiger partial charge on any atom is -0.502 e. The van der Waals surface area contributed by atoms with E-state index in [1.165, 1.54) is 12.5 Å². The molecular formula is C13H8O4. The van der Waals surface area contributed by atoms with Gasteiger partial charge in [0.25, 0.3) is 0 Å². The summed E-state index contributed by atoms with van der Waals surface area (Å²) in [4.78, 5) is 11.9. The summed E-state index contributed by atoms with van der Waals surface area (Å²) < 4.78 is 10.4. The minimum atomic E-state index is -0.442. The van der Waals surface area contributed by atoms with Crippen molar-refractivity contribution in [2.45, 2.75) is 0 Å². The number of fused-ring (bicyclic) bond motifs is 1. The number of rotatable bonds is 1. The molecule has 4 heteroatoms. The number of furan rings is 1. The average Bonchev–Trinajstić information content (AvgIpc) is 2.87. The highest BCUT2D eigenvalue weighted by atomic mass is 16.4. The first-order valence-electron chi connectivity index (χ1n) is 5.05. The van der Waals surface area contributed by atoms with Crippen molar-refractivity contribution in [1.82, 2.24) is 0 Å². The Balaban J connectivity index is 2.42. The van der Waals surface area contributed by atoms with E-state index >= 15 is 0 Å². The molecule has 0 aliphatic rings. The third-order valence-corrected chi connectivity index (χ3v) is 2.56. The lowest BCUT2D eigenvalue weighted by Gasteiger charge is -2.02. The maximum atomic E-state index is 11.9. The monoisotopic (exact) mass is 228 g/mol. The summed E-state index contributed by atoms with van der Waals surface area (Å²) in [7, 11) is 0. The number of hydrogen-bond acceptors (Lipinski definition) is 4. The van der Waals surface area contributed by atoms with Gasteiger partial charge in [-0.15, -0.1) is 0 Å². The molecule has 0 bridgehead atoms. The molecule has 4 nitrogen and oxygen atoms in total. The number of aromatic hydroxyl groups is 1. The molecule has 1 N–H and O–H groups in total. The quantitative estimate of drug-likeness (QED) is 0.695. The molecule has 0 spiro atoms. The molecule has 0 radical (unpaired) electrons. The Kier molecular flexibility index (Phi) is 2.01. The van der Waals surface area contributed by atoms with Crippen molar-refractivity contribution in [2.75, 3.05) is 0 Å². The van der Waals surface area contributed by atoms with Crippen molar-refractivity contribution >= 4 is 11.0 Å². The van der Waals surface area contributed by atoms with Crippen LogP contribution in [0.25, 0.3) is 22.3 Å². The molecule has 3 rings (SSSR count). The Morgan fingerprint density at radius 1 is 1.12 bits per heavy atom. The summed E-state index contributed by atoms with van der Waals surface area (Å²) in [6.07, 6.45) is 2.86. The zero-order valence-corrected chi connectivity index (χ0v) is 8.71. The predicted molar refractivity (Wildman–Crippen MR) is 61.9 cm³/mol. The van der Waals surface area contributed by atoms with Crippen LogP contribution in [0.5, 0.6) is 5.75 Å². The molecule has 0 aliphatic carbocycles. The van der Waals surface area contributed by atoms with Crippen molar-refractivity contribution in [2.24, 2.45) is 0 Å². The van der Waals surface area contributed by atoms with Gasteiger partial charge in [-0.3, -0.25) is 4.79 Å². The Morgan fingerprint density at radius 3 is 2.71 bits per heavy atom. The number of benzene rings is 1. The van der Waals surface area contributed by atoms with Gasteiger partial charge in [0.15, 0.2) is 5.76 Å². The van der Waals surface area contributed by atoms with E-state index in [-0.39, 0.29) is 5.76 Å². The van der Waals surface area contributed by atoms with Crippen LogP contribution in [0.3, 0.4) is 0 Å². The second-order valence-corrected chi connectivity index (χ2v) is 3.62. The van der Waals surface area contributed by atoms with E-state index < -0.39 is 11.2 Å². The van der Waals surface area contributed by atoms with E-state index in [0.29, 0.717) is 16.5 Å². The van der Waals surface area contributed by atoms with Gasteiger partial charge in [0.2, 0.25) is 11.2 Å². The first-order valence-corrected chi connectivity index (χ1v) is 5.05. The SMILES string of the molecule is O=c1c(O)c(-c2ccoc2)oc2ccccc12. The Labute approximate surface area is 95.7 Å². The van der Waals surface area contributed by atoms with Crippen LogP contribution in [-0.4, -0.2) is 5.11 Å². The van der Waals surface area contributed by atoms with Gasteiger partial charge in [-0.05, 0) is 18.2 Å². The number of para-hydroxylation sites is 1. The zero-order chi connectivity index (χ0) is 11.8. The normalized spacial score (nSPS) is 10.8. The molecule has 0 atom stereocenters. The molecule has 1 aromatic carbocycles. The fourth-order valence-electron chi connectivity index (χ4n) is 1.72. The van der Waals surface area contributed by atoms with E-state index in [1.807, 2.05) is 0 Å². The van der Waals surface area contributed by atoms with Crippen molar-refractivity contribution in [3.05, 3.63) is 53.1 Å². The predicted octanol–water partition coefficient (Wildman–Crippen LogP) is 2.76. The Hall–Kier alpha value is -2.49. The lowest BCUT2D eigenvalue weighted by Crippen LogP contribution is -2.01. The smallest absolute Gasteiger partial charge is 0.235 e. The van der Waals surface area contributed by atoms with Gasteiger partial charge in [0.05, 0.1) is 17.2 Å². The standard InChI is InChI=1S/C13H8O4/c14-11-9-3-1-2-4-10(9)17-13(12(11)15)8-5-6-16-7-8/h1-7,15H. The highest BCUT2D eigenvalue weighted by Gasteiger charge is 2.15. The van der Waals surface area contributed by atoms with E-state index in [1.54, 1.807) is 30.3 Å². The third kappa shape index (κ3) is 1.42. The second-order valence-electron chi connectivity index (χ2n) is 3.62. The van der Waals surface area contributed by atoms with Crippen molar-refractivity contribution in [3.63, 3.8) is 0 Å². The Morgan fingerprint density at radius 2 is 1.94 bits per heavy atom. The van der Waals surface area contributed by atoms with Crippen molar-refractivity contribution < 1.29 is 13.9 Å². The summed E-state index contributed by atoms with van der Waals surface area (Å²) in [5.74, 6) is -0.271. The second kappa shape index (κ2) is 3.52. The van der Waals surface area contributed by atoms with Gasteiger partial charge in [-0.2, -0.15) is 0 Å². The molecule has 0 amide bonds. The van der Waals surface area contributed by atoms with Crippen molar-refractivity contribution in [3.8, 4) is 17.1 Å². The summed E-state index contributed by atoms with van der Waals surface area (Å²) in [5, 5.41) is 10.2. The minimum absolute atomic E-state index is 0.127. The molecule has 84 valence electrons. The lowest BCUT2D eigenvalue weighted by molar-refractivity contribution is 0.448. The van der Waals surface area contributed by atoms with E-state index in [0.717, 1.165) is 0 Å². The van der Waals surface area contributed by atoms with Gasteiger partial charge >= 0.3 is 0 Å². The average molecular weight is 228 g/mol. The molecule has 0 saturated carbocycles. The van der Waals surface area contributed by atoms with Gasteiger partial charge in [0, 0.05) is 0 Å². The van der Waals surface area contributed by atoms with Gasteiger partial charge in [0.1, 0.15) is 11.8 Å². The summed E-state index contributed by atoms with van der Waals surface area (Å²) >= 11 is 0. The first-order chi connectivity index (χ1) is 8.27. The molecule has 3 aromatic rings. The number of hydrogen-bond donors (Lipinski definition) is 1. The van der Waals surface area contributed by atoms with Crippen LogP contribution in [-0.2, 0) is 0 Å². The first kappa shape index (κ1) is 9.72. The molecular weight excluding hydrogens is 220 g/mol. The topological polar surface area (TPSA) is 63.6 Å². The molecule has 0 saturated heterocycles. The molecule has 2 aromatic heterocycles. The third-order valence-electron chi connectivity index (χ3n) is 2.56. The van der Waals surface area contributed by atoms with Crippen LogP contribution >= 0.6 is 0 Å². The van der Waals surface area contributed by atoms with E-state index in [9.17, 15) is 9.90 Å². The zero-order valence-electron chi connectivity index (χ0n) is 8.71. The van der Waals surface area contributed by atoms with Gasteiger partial charge in [-0.25, -0.2) is 0 Å². The van der Waals surface area contributed by atoms with Crippen LogP contribution in [0.15, 0.2) is 56.5 Å². The summed E-state index contributed by atoms with van der Waals surface area (Å²) in [6, 6.07) is 8.39. The van der Waals surface area contributed by atoms with Crippen molar-refractivity contribution in [1.29, 1.82) is 0 Å². The molecule has 0 aliphatic heterocycles. The van der Waals surface area contributed by atoms with Gasteiger partial charge < -0.3 is 13.9 Å². The highest BCUT2D eigenvalue weighted by Crippen LogP contribution is 2.29. The molecule has 0 fully saturated rings. The maximum absolute atomic E-state index is 11.9. The van der Waals surface area contributed by atoms with Crippen LogP contribution < -0.4 is 5.43 Å². The summed E-state index contributed by atoms with van der Waals surface area (Å²) in [5.41, 5.74) is 0.528. The van der Waals surface area contributed by atoms with Gasteiger partial charge in [-0.1, -0.05) is 12.1 Å².